The number of rotatable bonds is 14. The van der Waals surface area contributed by atoms with Crippen LogP contribution in [0.3, 0.4) is 0 Å². The average molecular weight is 958 g/mol. The third-order valence-electron chi connectivity index (χ3n) is 15.6. The fourth-order valence-corrected chi connectivity index (χ4v) is 11.5. The number of likely N-dealkylation sites (tertiary alicyclic amines) is 1. The summed E-state index contributed by atoms with van der Waals surface area (Å²) in [5, 5.41) is 8.99. The van der Waals surface area contributed by atoms with E-state index in [9.17, 15) is 32.3 Å². The first-order valence-electron chi connectivity index (χ1n) is 24.8. The molecule has 0 radical (unpaired) electrons. The van der Waals surface area contributed by atoms with Crippen molar-refractivity contribution in [2.24, 2.45) is 18.4 Å². The number of carbonyl (C=O) groups excluding carboxylic acids is 3. The molecule has 16 heteroatoms. The van der Waals surface area contributed by atoms with E-state index in [1.165, 1.54) is 34.1 Å². The SMILES string of the molecule is COc1ccc([C@]2(CCN(CC3CCC(c4ccc(NC(=O)N5CCC(Nc6ccc7c(c6)n(C)c(=O)n7C6CCC(=O)NC6=O)CC5)cc4)CC3)CC(C)(C)C(F)(F)F)CCOC(C)(C)C2)cc1. The normalized spacial score (nSPS) is 23.8. The van der Waals surface area contributed by atoms with Crippen molar-refractivity contribution < 1.29 is 37.0 Å². The second kappa shape index (κ2) is 20.2. The smallest absolute Gasteiger partial charge is 0.395 e. The minimum atomic E-state index is -4.32. The third-order valence-corrected chi connectivity index (χ3v) is 15.6. The van der Waals surface area contributed by atoms with Gasteiger partial charge >= 0.3 is 17.9 Å². The summed E-state index contributed by atoms with van der Waals surface area (Å²) < 4.78 is 57.8. The number of benzene rings is 3. The summed E-state index contributed by atoms with van der Waals surface area (Å²) in [4.78, 5) is 54.8. The maximum absolute atomic E-state index is 14.4. The number of methoxy groups -OCH3 is 1. The van der Waals surface area contributed by atoms with Gasteiger partial charge in [-0.2, -0.15) is 13.2 Å². The van der Waals surface area contributed by atoms with Crippen LogP contribution in [-0.2, 0) is 26.8 Å². The van der Waals surface area contributed by atoms with Gasteiger partial charge in [0.25, 0.3) is 0 Å². The number of piperidine rings is 2. The summed E-state index contributed by atoms with van der Waals surface area (Å²) in [6.07, 6.45) is 3.73. The van der Waals surface area contributed by atoms with Crippen molar-refractivity contribution in [2.45, 2.75) is 134 Å². The molecular weight excluding hydrogens is 888 g/mol. The van der Waals surface area contributed by atoms with Gasteiger partial charge in [-0.1, -0.05) is 24.3 Å². The Morgan fingerprint density at radius 3 is 2.22 bits per heavy atom. The van der Waals surface area contributed by atoms with E-state index in [-0.39, 0.29) is 54.1 Å². The minimum absolute atomic E-state index is 0.0512. The number of urea groups is 1. The molecule has 1 saturated carbocycles. The Hall–Kier alpha value is -5.35. The predicted molar refractivity (Wildman–Crippen MR) is 262 cm³/mol. The summed E-state index contributed by atoms with van der Waals surface area (Å²) in [7, 11) is 3.32. The van der Waals surface area contributed by atoms with E-state index in [0.717, 1.165) is 74.9 Å². The summed E-state index contributed by atoms with van der Waals surface area (Å²) in [6, 6.07) is 21.1. The lowest BCUT2D eigenvalue weighted by atomic mass is 9.67. The number of aromatic nitrogens is 2. The fourth-order valence-electron chi connectivity index (χ4n) is 11.5. The van der Waals surface area contributed by atoms with Gasteiger partial charge in [-0.05, 0) is 164 Å². The largest absolute Gasteiger partial charge is 0.497 e. The summed E-state index contributed by atoms with van der Waals surface area (Å²) in [5.41, 5.74) is 2.52. The van der Waals surface area contributed by atoms with Gasteiger partial charge in [-0.15, -0.1) is 0 Å². The highest BCUT2D eigenvalue weighted by Crippen LogP contribution is 2.46. The summed E-state index contributed by atoms with van der Waals surface area (Å²) >= 11 is 0. The first kappa shape index (κ1) is 50.1. The monoisotopic (exact) mass is 958 g/mol. The molecule has 1 aliphatic carbocycles. The molecule has 0 spiro atoms. The van der Waals surface area contributed by atoms with Crippen LogP contribution in [0.5, 0.6) is 5.75 Å². The third kappa shape index (κ3) is 11.3. The molecule has 8 rings (SSSR count). The number of hydrogen-bond acceptors (Lipinski definition) is 8. The van der Waals surface area contributed by atoms with Gasteiger partial charge in [0.1, 0.15) is 11.8 Å². The first-order valence-corrected chi connectivity index (χ1v) is 24.8. The number of nitrogens with one attached hydrogen (secondary N) is 3. The van der Waals surface area contributed by atoms with Gasteiger partial charge in [-0.25, -0.2) is 9.59 Å². The molecule has 1 aromatic heterocycles. The Labute approximate surface area is 403 Å². The van der Waals surface area contributed by atoms with Crippen LogP contribution >= 0.6 is 0 Å². The number of imidazole rings is 1. The number of anilines is 2. The van der Waals surface area contributed by atoms with Gasteiger partial charge < -0.3 is 29.9 Å². The number of halogens is 3. The Bertz CT molecular complexity index is 2520. The van der Waals surface area contributed by atoms with Crippen LogP contribution in [0.4, 0.5) is 29.3 Å². The van der Waals surface area contributed by atoms with Crippen LogP contribution < -0.4 is 26.4 Å². The zero-order chi connectivity index (χ0) is 49.3. The number of alkyl halides is 3. The number of ether oxygens (including phenoxy) is 2. The van der Waals surface area contributed by atoms with Crippen molar-refractivity contribution in [1.82, 2.24) is 24.3 Å². The molecule has 69 heavy (non-hydrogen) atoms. The van der Waals surface area contributed by atoms with Crippen molar-refractivity contribution in [3.05, 3.63) is 88.3 Å². The molecule has 3 saturated heterocycles. The quantitative estimate of drug-likeness (QED) is 0.106. The van der Waals surface area contributed by atoms with E-state index >= 15 is 0 Å². The number of carbonyl (C=O) groups is 3. The van der Waals surface area contributed by atoms with Crippen LogP contribution in [-0.4, -0.2) is 101 Å². The van der Waals surface area contributed by atoms with Gasteiger partial charge in [0.05, 0.1) is 29.2 Å². The van der Waals surface area contributed by atoms with E-state index in [1.807, 2.05) is 47.4 Å². The summed E-state index contributed by atoms with van der Waals surface area (Å²) in [5.74, 6) is 0.618. The Morgan fingerprint density at radius 2 is 1.58 bits per heavy atom. The molecule has 4 amide bonds. The van der Waals surface area contributed by atoms with Crippen molar-refractivity contribution >= 4 is 40.3 Å². The fraction of sp³-hybridized carbons (Fsp3) is 0.585. The van der Waals surface area contributed by atoms with E-state index in [4.69, 9.17) is 9.47 Å². The average Bonchev–Trinajstić information content (AvgIpc) is 3.55. The maximum Gasteiger partial charge on any atom is 0.395 e. The standard InChI is InChI=1S/C53H70F3N7O6/c1-50(2,53(54,55)56)34-61(29-25-52(26-30-69-51(3,4)33-52)38-13-18-42(68-6)19-14-38)32-35-7-9-36(10-8-35)37-11-15-39(16-12-37)58-48(66)62-27-23-40(24-28-62)57-41-17-20-43-45(31-41)60(5)49(67)63(43)44-21-22-46(64)59-47(44)65/h11-20,31,35-36,40,44,57H,7-10,21-30,32-34H2,1-6H3,(H,58,66)(H,59,64,65)/t35?,36?,44?,52-/m1/s1. The molecule has 4 aliphatic rings. The van der Waals surface area contributed by atoms with E-state index in [0.29, 0.717) is 55.7 Å². The Kier molecular flexibility index (Phi) is 14.6. The molecule has 3 N–H and O–H groups in total. The number of nitrogens with zero attached hydrogens (tertiary/aromatic N) is 4. The van der Waals surface area contributed by atoms with Crippen molar-refractivity contribution in [1.29, 1.82) is 0 Å². The Morgan fingerprint density at radius 1 is 0.899 bits per heavy atom. The number of fused-ring (bicyclic) bond motifs is 1. The number of imide groups is 1. The number of hydrogen-bond donors (Lipinski definition) is 3. The molecule has 2 atom stereocenters. The number of amides is 4. The molecule has 1 unspecified atom stereocenters. The molecule has 0 bridgehead atoms. The lowest BCUT2D eigenvalue weighted by molar-refractivity contribution is -0.217. The minimum Gasteiger partial charge on any atom is -0.497 e. The van der Waals surface area contributed by atoms with Gasteiger partial charge in [0, 0.05) is 69.1 Å². The zero-order valence-electron chi connectivity index (χ0n) is 41.1. The molecule has 4 heterocycles. The van der Waals surface area contributed by atoms with Crippen LogP contribution in [0.1, 0.15) is 121 Å². The molecule has 3 aromatic carbocycles. The highest BCUT2D eigenvalue weighted by Gasteiger charge is 2.49. The van der Waals surface area contributed by atoms with Crippen LogP contribution in [0, 0.1) is 11.3 Å². The molecular formula is C53H70F3N7O6. The van der Waals surface area contributed by atoms with Crippen molar-refractivity contribution in [2.75, 3.05) is 57.1 Å². The van der Waals surface area contributed by atoms with Crippen molar-refractivity contribution in [3.8, 4) is 5.75 Å². The van der Waals surface area contributed by atoms with Crippen LogP contribution in [0.15, 0.2) is 71.5 Å². The van der Waals surface area contributed by atoms with Gasteiger partial charge in [-0.3, -0.25) is 24.0 Å². The van der Waals surface area contributed by atoms with Gasteiger partial charge in [0.2, 0.25) is 11.8 Å². The molecule has 13 nitrogen and oxygen atoms in total. The van der Waals surface area contributed by atoms with Crippen molar-refractivity contribution in [3.63, 3.8) is 0 Å². The van der Waals surface area contributed by atoms with Crippen LogP contribution in [0.25, 0.3) is 11.0 Å². The topological polar surface area (TPSA) is 139 Å². The van der Waals surface area contributed by atoms with E-state index in [2.05, 4.69) is 59.0 Å². The predicted octanol–water partition coefficient (Wildman–Crippen LogP) is 9.52. The molecule has 4 aromatic rings. The second-order valence-corrected chi connectivity index (χ2v) is 21.5. The van der Waals surface area contributed by atoms with Crippen LogP contribution in [0.2, 0.25) is 0 Å². The highest BCUT2D eigenvalue weighted by molar-refractivity contribution is 6.00. The zero-order valence-corrected chi connectivity index (χ0v) is 41.1. The lowest BCUT2D eigenvalue weighted by Crippen LogP contribution is -2.49. The molecule has 374 valence electrons. The molecule has 4 fully saturated rings. The van der Waals surface area contributed by atoms with E-state index < -0.39 is 23.5 Å². The molecule has 3 aliphatic heterocycles. The number of aryl methyl sites for hydroxylation is 1. The Balaban J connectivity index is 0.825. The maximum atomic E-state index is 14.4. The van der Waals surface area contributed by atoms with E-state index in [1.54, 1.807) is 14.2 Å². The highest BCUT2D eigenvalue weighted by atomic mass is 19.4. The van der Waals surface area contributed by atoms with Gasteiger partial charge in [0.15, 0.2) is 0 Å². The summed E-state index contributed by atoms with van der Waals surface area (Å²) in [6.45, 7) is 9.74. The lowest BCUT2D eigenvalue weighted by Gasteiger charge is -2.47. The first-order chi connectivity index (χ1) is 32.7. The second-order valence-electron chi connectivity index (χ2n) is 21.5.